The quantitative estimate of drug-likeness (QED) is 0.569. The first-order chi connectivity index (χ1) is 9.21. The Balaban J connectivity index is 2.26. The van der Waals surface area contributed by atoms with Crippen LogP contribution in [0.25, 0.3) is 0 Å². The van der Waals surface area contributed by atoms with E-state index in [0.717, 1.165) is 12.8 Å². The lowest BCUT2D eigenvalue weighted by molar-refractivity contribution is 0.628. The zero-order chi connectivity index (χ0) is 13.7. The minimum absolute atomic E-state index is 0.301. The summed E-state index contributed by atoms with van der Waals surface area (Å²) in [6, 6.07) is 7.86. The van der Waals surface area contributed by atoms with E-state index in [-0.39, 0.29) is 5.82 Å². The second-order valence-corrected chi connectivity index (χ2v) is 4.08. The number of anilines is 3. The van der Waals surface area contributed by atoms with Gasteiger partial charge in [-0.05, 0) is 24.6 Å². The molecule has 1 aromatic carbocycles. The lowest BCUT2D eigenvalue weighted by Crippen LogP contribution is -2.11. The third-order valence-corrected chi connectivity index (χ3v) is 2.49. The minimum atomic E-state index is -0.301. The number of nitrogens with two attached hydrogens (primary N) is 1. The molecular weight excluding hydrogens is 245 g/mol. The van der Waals surface area contributed by atoms with Crippen LogP contribution in [0.1, 0.15) is 19.2 Å². The molecule has 100 valence electrons. The Kier molecular flexibility index (Phi) is 4.25. The van der Waals surface area contributed by atoms with Crippen LogP contribution in [-0.2, 0) is 6.42 Å². The molecule has 19 heavy (non-hydrogen) atoms. The van der Waals surface area contributed by atoms with Gasteiger partial charge in [0.15, 0.2) is 0 Å². The van der Waals surface area contributed by atoms with Gasteiger partial charge in [0.05, 0.1) is 0 Å². The third kappa shape index (κ3) is 3.62. The molecule has 2 rings (SSSR count). The van der Waals surface area contributed by atoms with Crippen molar-refractivity contribution in [2.24, 2.45) is 5.84 Å². The molecule has 5 nitrogen and oxygen atoms in total. The van der Waals surface area contributed by atoms with Gasteiger partial charge in [-0.2, -0.15) is 0 Å². The molecule has 0 spiro atoms. The number of nitrogens with one attached hydrogen (secondary N) is 2. The molecule has 0 aliphatic heterocycles. The first-order valence-electron chi connectivity index (χ1n) is 6.08. The molecule has 0 saturated carbocycles. The molecule has 1 heterocycles. The van der Waals surface area contributed by atoms with Crippen LogP contribution in [0.4, 0.5) is 21.7 Å². The van der Waals surface area contributed by atoms with Crippen molar-refractivity contribution < 1.29 is 4.39 Å². The Morgan fingerprint density at radius 1 is 1.21 bits per heavy atom. The highest BCUT2D eigenvalue weighted by molar-refractivity contribution is 5.58. The number of hydrazine groups is 1. The SMILES string of the molecule is CCCc1nc(NN)cc(Nc2cccc(F)c2)n1. The number of aryl methyl sites for hydroxylation is 1. The van der Waals surface area contributed by atoms with Crippen molar-refractivity contribution in [3.63, 3.8) is 0 Å². The number of rotatable bonds is 5. The van der Waals surface area contributed by atoms with Gasteiger partial charge in [0, 0.05) is 18.2 Å². The van der Waals surface area contributed by atoms with Crippen LogP contribution in [0.5, 0.6) is 0 Å². The standard InChI is InChI=1S/C13H16FN5/c1-2-4-11-17-12(8-13(18-11)19-15)16-10-6-3-5-9(14)7-10/h3,5-8H,2,4,15H2,1H3,(H2,16,17,18,19). The maximum atomic E-state index is 13.1. The van der Waals surface area contributed by atoms with Gasteiger partial charge < -0.3 is 10.7 Å². The predicted octanol–water partition coefficient (Wildman–Crippen LogP) is 2.60. The van der Waals surface area contributed by atoms with E-state index in [1.54, 1.807) is 18.2 Å². The lowest BCUT2D eigenvalue weighted by Gasteiger charge is -2.09. The number of hydrogen-bond donors (Lipinski definition) is 3. The first kappa shape index (κ1) is 13.2. The lowest BCUT2D eigenvalue weighted by atomic mass is 10.3. The van der Waals surface area contributed by atoms with Crippen LogP contribution in [0.3, 0.4) is 0 Å². The van der Waals surface area contributed by atoms with Crippen molar-refractivity contribution in [1.29, 1.82) is 0 Å². The molecule has 1 aromatic heterocycles. The molecule has 0 saturated heterocycles. The number of nitrogen functional groups attached to an aromatic ring is 1. The van der Waals surface area contributed by atoms with E-state index in [0.29, 0.717) is 23.1 Å². The van der Waals surface area contributed by atoms with Crippen LogP contribution in [0.2, 0.25) is 0 Å². The second kappa shape index (κ2) is 6.10. The van der Waals surface area contributed by atoms with Crippen LogP contribution >= 0.6 is 0 Å². The molecule has 0 fully saturated rings. The first-order valence-corrected chi connectivity index (χ1v) is 6.08. The molecule has 0 atom stereocenters. The van der Waals surface area contributed by atoms with Gasteiger partial charge in [0.2, 0.25) is 0 Å². The van der Waals surface area contributed by atoms with Gasteiger partial charge in [0.25, 0.3) is 0 Å². The minimum Gasteiger partial charge on any atom is -0.340 e. The van der Waals surface area contributed by atoms with E-state index in [2.05, 4.69) is 20.7 Å². The summed E-state index contributed by atoms with van der Waals surface area (Å²) in [5.74, 6) is 6.87. The van der Waals surface area contributed by atoms with Crippen molar-refractivity contribution in [2.75, 3.05) is 10.7 Å². The molecule has 6 heteroatoms. The molecule has 0 aliphatic carbocycles. The normalized spacial score (nSPS) is 10.3. The molecule has 0 bridgehead atoms. The van der Waals surface area contributed by atoms with Gasteiger partial charge in [-0.25, -0.2) is 20.2 Å². The third-order valence-electron chi connectivity index (χ3n) is 2.49. The van der Waals surface area contributed by atoms with Gasteiger partial charge in [-0.1, -0.05) is 13.0 Å². The maximum Gasteiger partial charge on any atom is 0.145 e. The Bertz CT molecular complexity index is 558. The van der Waals surface area contributed by atoms with Crippen molar-refractivity contribution in [3.05, 3.63) is 42.0 Å². The molecule has 0 unspecified atom stereocenters. The zero-order valence-electron chi connectivity index (χ0n) is 10.7. The Morgan fingerprint density at radius 3 is 2.68 bits per heavy atom. The highest BCUT2D eigenvalue weighted by Gasteiger charge is 2.04. The number of benzene rings is 1. The molecule has 2 aromatic rings. The molecule has 0 amide bonds. The molecule has 0 aliphatic rings. The van der Waals surface area contributed by atoms with Crippen LogP contribution in [-0.4, -0.2) is 9.97 Å². The largest absolute Gasteiger partial charge is 0.340 e. The van der Waals surface area contributed by atoms with Crippen LogP contribution in [0.15, 0.2) is 30.3 Å². The van der Waals surface area contributed by atoms with E-state index >= 15 is 0 Å². The summed E-state index contributed by atoms with van der Waals surface area (Å²) in [6.07, 6.45) is 1.70. The van der Waals surface area contributed by atoms with Crippen molar-refractivity contribution >= 4 is 17.3 Å². The number of hydrogen-bond acceptors (Lipinski definition) is 5. The Morgan fingerprint density at radius 2 is 2.00 bits per heavy atom. The summed E-state index contributed by atoms with van der Waals surface area (Å²) >= 11 is 0. The topological polar surface area (TPSA) is 75.9 Å². The zero-order valence-corrected chi connectivity index (χ0v) is 10.7. The van der Waals surface area contributed by atoms with Crippen molar-refractivity contribution in [1.82, 2.24) is 9.97 Å². The summed E-state index contributed by atoms with van der Waals surface area (Å²) in [5.41, 5.74) is 3.13. The van der Waals surface area contributed by atoms with Gasteiger partial charge >= 0.3 is 0 Å². The van der Waals surface area contributed by atoms with Crippen LogP contribution in [0, 0.1) is 5.82 Å². The Hall–Kier alpha value is -2.21. The van der Waals surface area contributed by atoms with E-state index in [1.807, 2.05) is 6.92 Å². The molecular formula is C13H16FN5. The van der Waals surface area contributed by atoms with E-state index in [4.69, 9.17) is 5.84 Å². The average molecular weight is 261 g/mol. The highest BCUT2D eigenvalue weighted by Crippen LogP contribution is 2.18. The summed E-state index contributed by atoms with van der Waals surface area (Å²) in [5, 5.41) is 3.03. The fourth-order valence-electron chi connectivity index (χ4n) is 1.68. The van der Waals surface area contributed by atoms with Crippen LogP contribution < -0.4 is 16.6 Å². The summed E-state index contributed by atoms with van der Waals surface area (Å²) < 4.78 is 13.1. The Labute approximate surface area is 111 Å². The van der Waals surface area contributed by atoms with E-state index < -0.39 is 0 Å². The predicted molar refractivity (Wildman–Crippen MR) is 73.5 cm³/mol. The summed E-state index contributed by atoms with van der Waals surface area (Å²) in [4.78, 5) is 8.60. The van der Waals surface area contributed by atoms with Crippen molar-refractivity contribution in [3.8, 4) is 0 Å². The molecule has 0 radical (unpaired) electrons. The monoisotopic (exact) mass is 261 g/mol. The van der Waals surface area contributed by atoms with Crippen molar-refractivity contribution in [2.45, 2.75) is 19.8 Å². The fourth-order valence-corrected chi connectivity index (χ4v) is 1.68. The van der Waals surface area contributed by atoms with Gasteiger partial charge in [-0.15, -0.1) is 0 Å². The average Bonchev–Trinajstić information content (AvgIpc) is 2.39. The number of nitrogens with zero attached hydrogens (tertiary/aromatic N) is 2. The van der Waals surface area contributed by atoms with E-state index in [1.165, 1.54) is 12.1 Å². The highest BCUT2D eigenvalue weighted by atomic mass is 19.1. The fraction of sp³-hybridized carbons (Fsp3) is 0.231. The maximum absolute atomic E-state index is 13.1. The summed E-state index contributed by atoms with van der Waals surface area (Å²) in [7, 11) is 0. The molecule has 4 N–H and O–H groups in total. The smallest absolute Gasteiger partial charge is 0.145 e. The van der Waals surface area contributed by atoms with Gasteiger partial charge in [-0.3, -0.25) is 0 Å². The second-order valence-electron chi connectivity index (χ2n) is 4.08. The number of aromatic nitrogens is 2. The van der Waals surface area contributed by atoms with E-state index in [9.17, 15) is 4.39 Å². The summed E-state index contributed by atoms with van der Waals surface area (Å²) in [6.45, 7) is 2.05. The van der Waals surface area contributed by atoms with Gasteiger partial charge in [0.1, 0.15) is 23.3 Å². The number of halogens is 1.